The Hall–Kier alpha value is -0.680. The summed E-state index contributed by atoms with van der Waals surface area (Å²) in [5.41, 5.74) is 0. The molecule has 2 aliphatic rings. The summed E-state index contributed by atoms with van der Waals surface area (Å²) < 4.78 is 5.65. The van der Waals surface area contributed by atoms with Crippen LogP contribution in [0.3, 0.4) is 0 Å². The number of hydrogen-bond donors (Lipinski definition) is 0. The molecule has 5 heteroatoms. The number of amides is 1. The van der Waals surface area contributed by atoms with Crippen LogP contribution in [0.25, 0.3) is 0 Å². The average Bonchev–Trinajstić information content (AvgIpc) is 3.13. The molecule has 1 saturated heterocycles. The normalized spacial score (nSPS) is 29.0. The number of nitrogens with zero attached hydrogens (tertiary/aromatic N) is 1. The highest BCUT2D eigenvalue weighted by Gasteiger charge is 2.50. The van der Waals surface area contributed by atoms with Gasteiger partial charge in [0.2, 0.25) is 5.91 Å². The number of carbonyl (C=O) groups is 2. The largest absolute Gasteiger partial charge is 0.365 e. The van der Waals surface area contributed by atoms with Gasteiger partial charge in [0.25, 0.3) is 0 Å². The third kappa shape index (κ3) is 4.19. The van der Waals surface area contributed by atoms with Crippen molar-refractivity contribution in [3.05, 3.63) is 12.2 Å². The van der Waals surface area contributed by atoms with E-state index in [0.29, 0.717) is 0 Å². The number of aldehydes is 1. The van der Waals surface area contributed by atoms with Crippen molar-refractivity contribution in [2.24, 2.45) is 11.8 Å². The zero-order chi connectivity index (χ0) is 15.9. The molecule has 22 heavy (non-hydrogen) atoms. The lowest BCUT2D eigenvalue weighted by Crippen LogP contribution is -2.41. The number of unbranched alkanes of at least 4 members (excludes halogenated alkanes) is 5. The van der Waals surface area contributed by atoms with Gasteiger partial charge in [0, 0.05) is 18.9 Å². The molecule has 0 spiro atoms. The minimum atomic E-state index is -0.323. The van der Waals surface area contributed by atoms with E-state index in [-0.39, 0.29) is 30.0 Å². The van der Waals surface area contributed by atoms with Crippen molar-refractivity contribution in [1.82, 2.24) is 4.90 Å². The van der Waals surface area contributed by atoms with Gasteiger partial charge >= 0.3 is 0 Å². The number of ether oxygens (including phenoxy) is 1. The zero-order valence-electron chi connectivity index (χ0n) is 13.2. The topological polar surface area (TPSA) is 46.6 Å². The van der Waals surface area contributed by atoms with Gasteiger partial charge in [-0.05, 0) is 12.8 Å². The van der Waals surface area contributed by atoms with E-state index in [4.69, 9.17) is 4.74 Å². The fourth-order valence-corrected chi connectivity index (χ4v) is 3.72. The zero-order valence-corrected chi connectivity index (χ0v) is 14.8. The highest BCUT2D eigenvalue weighted by Crippen LogP contribution is 2.38. The number of alkyl halides is 1. The van der Waals surface area contributed by atoms with Gasteiger partial charge in [-0.15, -0.1) is 0 Å². The van der Waals surface area contributed by atoms with Crippen molar-refractivity contribution in [2.45, 2.75) is 50.7 Å². The van der Waals surface area contributed by atoms with Gasteiger partial charge < -0.3 is 14.4 Å². The van der Waals surface area contributed by atoms with Crippen LogP contribution in [0, 0.1) is 11.8 Å². The first-order chi connectivity index (χ1) is 10.7. The molecule has 4 unspecified atom stereocenters. The summed E-state index contributed by atoms with van der Waals surface area (Å²) in [6.45, 7) is 0.764. The van der Waals surface area contributed by atoms with Gasteiger partial charge in [-0.25, -0.2) is 0 Å². The van der Waals surface area contributed by atoms with Gasteiger partial charge in [0.1, 0.15) is 6.29 Å². The third-order valence-electron chi connectivity index (χ3n) is 4.65. The molecule has 1 amide bonds. The van der Waals surface area contributed by atoms with Crippen LogP contribution in [-0.4, -0.2) is 48.2 Å². The molecule has 124 valence electrons. The van der Waals surface area contributed by atoms with E-state index < -0.39 is 0 Å². The Kier molecular flexibility index (Phi) is 7.09. The maximum atomic E-state index is 12.6. The smallest absolute Gasteiger partial charge is 0.229 e. The first-order valence-corrected chi connectivity index (χ1v) is 9.41. The summed E-state index contributed by atoms with van der Waals surface area (Å²) in [4.78, 5) is 25.6. The van der Waals surface area contributed by atoms with Gasteiger partial charge in [0.15, 0.2) is 0 Å². The molecule has 2 heterocycles. The molecule has 0 aromatic carbocycles. The predicted octanol–water partition coefficient (Wildman–Crippen LogP) is 2.95. The summed E-state index contributed by atoms with van der Waals surface area (Å²) in [6.07, 6.45) is 11.5. The molecular weight excluding hydrogens is 346 g/mol. The van der Waals surface area contributed by atoms with Gasteiger partial charge in [-0.2, -0.15) is 0 Å². The standard InChI is InChI=1S/C17H26BrNO3/c1-19(11-7-5-3-2-4-6-10-18)17(21)16-13(12-20)14-8-9-15(16)22-14/h8-9,12-16H,2-7,10-11H2,1H3. The fourth-order valence-electron chi connectivity index (χ4n) is 3.32. The Morgan fingerprint density at radius 2 is 1.77 bits per heavy atom. The van der Waals surface area contributed by atoms with Crippen LogP contribution in [0.2, 0.25) is 0 Å². The van der Waals surface area contributed by atoms with Crippen molar-refractivity contribution in [3.63, 3.8) is 0 Å². The maximum absolute atomic E-state index is 12.6. The molecule has 0 aromatic rings. The molecule has 2 aliphatic heterocycles. The first-order valence-electron chi connectivity index (χ1n) is 8.29. The van der Waals surface area contributed by atoms with Crippen molar-refractivity contribution in [2.75, 3.05) is 18.9 Å². The van der Waals surface area contributed by atoms with Crippen molar-refractivity contribution < 1.29 is 14.3 Å². The van der Waals surface area contributed by atoms with Crippen LogP contribution in [0.4, 0.5) is 0 Å². The highest BCUT2D eigenvalue weighted by molar-refractivity contribution is 9.09. The average molecular weight is 372 g/mol. The molecule has 1 fully saturated rings. The lowest BCUT2D eigenvalue weighted by atomic mass is 9.83. The molecule has 2 bridgehead atoms. The molecular formula is C17H26BrNO3. The molecule has 4 atom stereocenters. The van der Waals surface area contributed by atoms with E-state index in [1.165, 1.54) is 25.7 Å². The number of rotatable bonds is 10. The third-order valence-corrected chi connectivity index (χ3v) is 5.21. The molecule has 2 rings (SSSR count). The predicted molar refractivity (Wildman–Crippen MR) is 90.0 cm³/mol. The van der Waals surface area contributed by atoms with Crippen LogP contribution < -0.4 is 0 Å². The monoisotopic (exact) mass is 371 g/mol. The van der Waals surface area contributed by atoms with Crippen LogP contribution in [-0.2, 0) is 14.3 Å². The molecule has 0 aromatic heterocycles. The summed E-state index contributed by atoms with van der Waals surface area (Å²) in [5.74, 6) is -0.584. The van der Waals surface area contributed by atoms with Crippen molar-refractivity contribution in [1.29, 1.82) is 0 Å². The van der Waals surface area contributed by atoms with E-state index in [2.05, 4.69) is 15.9 Å². The molecule has 0 N–H and O–H groups in total. The first kappa shape index (κ1) is 17.7. The second-order valence-corrected chi connectivity index (χ2v) is 7.05. The van der Waals surface area contributed by atoms with E-state index in [0.717, 1.165) is 31.0 Å². The number of carbonyl (C=O) groups excluding carboxylic acids is 2. The SMILES string of the molecule is CN(CCCCCCCCBr)C(=O)C1C2C=CC(O2)C1C=O. The van der Waals surface area contributed by atoms with Gasteiger partial charge in [-0.3, -0.25) is 4.79 Å². The Bertz CT molecular complexity index is 413. The lowest BCUT2D eigenvalue weighted by Gasteiger charge is -2.26. The Balaban J connectivity index is 1.69. The molecule has 0 radical (unpaired) electrons. The number of halogens is 1. The number of fused-ring (bicyclic) bond motifs is 2. The van der Waals surface area contributed by atoms with Crippen LogP contribution in [0.5, 0.6) is 0 Å². The fraction of sp³-hybridized carbons (Fsp3) is 0.765. The van der Waals surface area contributed by atoms with E-state index >= 15 is 0 Å². The minimum Gasteiger partial charge on any atom is -0.365 e. The van der Waals surface area contributed by atoms with Gasteiger partial charge in [0.05, 0.1) is 24.0 Å². The Morgan fingerprint density at radius 3 is 2.45 bits per heavy atom. The highest BCUT2D eigenvalue weighted by atomic mass is 79.9. The van der Waals surface area contributed by atoms with Crippen LogP contribution in [0.15, 0.2) is 12.2 Å². The second-order valence-electron chi connectivity index (χ2n) is 6.26. The minimum absolute atomic E-state index is 0.0493. The summed E-state index contributed by atoms with van der Waals surface area (Å²) in [6, 6.07) is 0. The lowest BCUT2D eigenvalue weighted by molar-refractivity contribution is -0.137. The summed E-state index contributed by atoms with van der Waals surface area (Å²) in [5, 5.41) is 1.09. The molecule has 4 nitrogen and oxygen atoms in total. The summed E-state index contributed by atoms with van der Waals surface area (Å²) >= 11 is 3.44. The second kappa shape index (κ2) is 8.82. The molecule has 0 saturated carbocycles. The van der Waals surface area contributed by atoms with E-state index in [9.17, 15) is 9.59 Å². The van der Waals surface area contributed by atoms with Crippen molar-refractivity contribution in [3.8, 4) is 0 Å². The van der Waals surface area contributed by atoms with Crippen molar-refractivity contribution >= 4 is 28.1 Å². The Morgan fingerprint density at radius 1 is 1.14 bits per heavy atom. The van der Waals surface area contributed by atoms with Gasteiger partial charge in [-0.1, -0.05) is 53.8 Å². The van der Waals surface area contributed by atoms with Crippen LogP contribution in [0.1, 0.15) is 38.5 Å². The van der Waals surface area contributed by atoms with E-state index in [1.807, 2.05) is 19.2 Å². The molecule has 0 aliphatic carbocycles. The van der Waals surface area contributed by atoms with Crippen LogP contribution >= 0.6 is 15.9 Å². The Labute approximate surface area is 141 Å². The van der Waals surface area contributed by atoms with E-state index in [1.54, 1.807) is 4.90 Å². The maximum Gasteiger partial charge on any atom is 0.229 e. The number of hydrogen-bond acceptors (Lipinski definition) is 3. The quantitative estimate of drug-likeness (QED) is 0.256. The summed E-state index contributed by atoms with van der Waals surface area (Å²) in [7, 11) is 1.84.